The van der Waals surface area contributed by atoms with Crippen molar-refractivity contribution in [3.63, 3.8) is 0 Å². The number of ether oxygens (including phenoxy) is 1. The molecule has 0 atom stereocenters. The zero-order valence-electron chi connectivity index (χ0n) is 30.2. The van der Waals surface area contributed by atoms with Gasteiger partial charge in [-0.15, -0.1) is 10.2 Å². The summed E-state index contributed by atoms with van der Waals surface area (Å²) in [4.78, 5) is 32.7. The number of nitrogens with zero attached hydrogens (tertiary/aromatic N) is 9. The van der Waals surface area contributed by atoms with Crippen molar-refractivity contribution in [2.45, 2.75) is 83.3 Å². The van der Waals surface area contributed by atoms with Gasteiger partial charge in [-0.3, -0.25) is 19.1 Å². The van der Waals surface area contributed by atoms with E-state index in [0.717, 1.165) is 122 Å². The third kappa shape index (κ3) is 6.34. The van der Waals surface area contributed by atoms with E-state index in [4.69, 9.17) is 25.0 Å². The molecule has 1 aromatic carbocycles. The summed E-state index contributed by atoms with van der Waals surface area (Å²) in [7, 11) is 0. The number of benzene rings is 1. The third-order valence-corrected chi connectivity index (χ3v) is 12.4. The van der Waals surface area contributed by atoms with E-state index in [1.807, 2.05) is 17.3 Å². The Labute approximate surface area is 308 Å². The zero-order valence-corrected chi connectivity index (χ0v) is 30.2. The second kappa shape index (κ2) is 13.7. The van der Waals surface area contributed by atoms with Gasteiger partial charge in [0.1, 0.15) is 0 Å². The Morgan fingerprint density at radius 2 is 1.74 bits per heavy atom. The number of carboxylic acids is 1. The number of aromatic nitrogens is 7. The number of amides is 1. The molecule has 53 heavy (non-hydrogen) atoms. The number of hydrogen-bond donors (Lipinski definition) is 1. The molecule has 1 aliphatic carbocycles. The first kappa shape index (κ1) is 33.7. The van der Waals surface area contributed by atoms with Gasteiger partial charge in [0.2, 0.25) is 5.91 Å². The highest BCUT2D eigenvalue weighted by molar-refractivity contribution is 5.97. The van der Waals surface area contributed by atoms with Gasteiger partial charge in [0.05, 0.1) is 29.7 Å². The molecular weight excluding hydrogens is 670 g/mol. The third-order valence-electron chi connectivity index (χ3n) is 12.4. The normalized spacial score (nSPS) is 19.5. The second-order valence-corrected chi connectivity index (χ2v) is 15.4. The number of rotatable bonds is 6. The van der Waals surface area contributed by atoms with Crippen LogP contribution >= 0.6 is 0 Å². The van der Waals surface area contributed by atoms with E-state index >= 15 is 0 Å². The first-order valence-electron chi connectivity index (χ1n) is 19.0. The van der Waals surface area contributed by atoms with Crippen LogP contribution in [0.15, 0.2) is 55.0 Å². The molecule has 2 saturated heterocycles. The van der Waals surface area contributed by atoms with Crippen molar-refractivity contribution in [3.8, 4) is 22.5 Å². The fourth-order valence-corrected chi connectivity index (χ4v) is 9.17. The van der Waals surface area contributed by atoms with Gasteiger partial charge in [0.25, 0.3) is 0 Å². The van der Waals surface area contributed by atoms with Gasteiger partial charge in [-0.05, 0) is 80.4 Å². The monoisotopic (exact) mass is 715 g/mol. The van der Waals surface area contributed by atoms with Gasteiger partial charge in [-0.2, -0.15) is 10.2 Å². The Morgan fingerprint density at radius 1 is 0.925 bits per heavy atom. The molecular formula is C40H45N9O4. The van der Waals surface area contributed by atoms with Crippen molar-refractivity contribution in [2.75, 3.05) is 37.7 Å². The van der Waals surface area contributed by atoms with Crippen LogP contribution in [0.25, 0.3) is 33.3 Å². The van der Waals surface area contributed by atoms with Gasteiger partial charge in [-0.1, -0.05) is 18.2 Å². The maximum absolute atomic E-state index is 12.4. The van der Waals surface area contributed by atoms with Crippen molar-refractivity contribution >= 4 is 28.5 Å². The molecule has 1 spiro atoms. The molecule has 9 rings (SSSR count). The number of pyridine rings is 1. The molecule has 0 unspecified atom stereocenters. The zero-order chi connectivity index (χ0) is 36.1. The van der Waals surface area contributed by atoms with Crippen LogP contribution in [-0.2, 0) is 22.5 Å². The smallest absolute Gasteiger partial charge is 0.356 e. The standard InChI is InChI=1S/C40H45N9O4/c1-26(50)47-16-9-36-33(25-47)38(45-49(36)30-10-19-53-20-11-30)31-4-2-3-27-21-35(41-23-32(27)31)28-22-42-48(24-28)29-7-12-40(13-8-29)14-17-46(18-15-40)37-6-5-34(39(51)52)43-44-37/h2-6,21-24,29-30H,7-20,25H2,1H3,(H,51,52). The van der Waals surface area contributed by atoms with E-state index in [1.54, 1.807) is 13.0 Å². The quantitative estimate of drug-likeness (QED) is 0.219. The van der Waals surface area contributed by atoms with Crippen molar-refractivity contribution in [2.24, 2.45) is 5.41 Å². The average molecular weight is 716 g/mol. The minimum Gasteiger partial charge on any atom is -0.476 e. The van der Waals surface area contributed by atoms with E-state index < -0.39 is 5.97 Å². The lowest BCUT2D eigenvalue weighted by Gasteiger charge is -2.46. The van der Waals surface area contributed by atoms with Gasteiger partial charge in [0, 0.05) is 92.9 Å². The summed E-state index contributed by atoms with van der Waals surface area (Å²) in [6.45, 7) is 6.25. The molecule has 1 N–H and O–H groups in total. The van der Waals surface area contributed by atoms with Crippen LogP contribution in [0.3, 0.4) is 0 Å². The molecule has 3 fully saturated rings. The molecule has 4 aliphatic rings. The molecule has 0 bridgehead atoms. The first-order valence-corrected chi connectivity index (χ1v) is 19.0. The highest BCUT2D eigenvalue weighted by Gasteiger charge is 2.39. The van der Waals surface area contributed by atoms with Crippen LogP contribution in [-0.4, -0.2) is 89.5 Å². The molecule has 3 aliphatic heterocycles. The maximum atomic E-state index is 12.4. The SMILES string of the molecule is CC(=O)N1CCc2c(c(-c3cccc4cc(-c5cnn(C6CCC7(CC6)CCN(c6ccc(C(=O)O)nn6)CC7)c5)ncc34)nn2C2CCOCC2)C1. The summed E-state index contributed by atoms with van der Waals surface area (Å²) in [5.74, 6) is -0.209. The number of anilines is 1. The van der Waals surface area contributed by atoms with Crippen LogP contribution in [0.1, 0.15) is 92.1 Å². The molecule has 1 saturated carbocycles. The number of piperidine rings is 1. The average Bonchev–Trinajstić information content (AvgIpc) is 3.84. The number of carbonyl (C=O) groups excluding carboxylic acids is 1. The largest absolute Gasteiger partial charge is 0.476 e. The van der Waals surface area contributed by atoms with Crippen LogP contribution in [0, 0.1) is 5.41 Å². The molecule has 5 aromatic rings. The van der Waals surface area contributed by atoms with E-state index in [9.17, 15) is 9.59 Å². The Hall–Kier alpha value is -5.17. The molecule has 4 aromatic heterocycles. The predicted octanol–water partition coefficient (Wildman–Crippen LogP) is 6.11. The molecule has 13 nitrogen and oxygen atoms in total. The lowest BCUT2D eigenvalue weighted by molar-refractivity contribution is -0.129. The highest BCUT2D eigenvalue weighted by Crippen LogP contribution is 2.48. The predicted molar refractivity (Wildman–Crippen MR) is 198 cm³/mol. The summed E-state index contributed by atoms with van der Waals surface area (Å²) in [5.41, 5.74) is 6.62. The summed E-state index contributed by atoms with van der Waals surface area (Å²) in [6.07, 6.45) is 15.5. The molecule has 0 radical (unpaired) electrons. The lowest BCUT2D eigenvalue weighted by Crippen LogP contribution is -2.42. The van der Waals surface area contributed by atoms with E-state index in [-0.39, 0.29) is 11.6 Å². The van der Waals surface area contributed by atoms with Crippen LogP contribution in [0.4, 0.5) is 5.82 Å². The molecule has 1 amide bonds. The number of carboxylic acid groups (broad SMARTS) is 1. The summed E-state index contributed by atoms with van der Waals surface area (Å²) >= 11 is 0. The van der Waals surface area contributed by atoms with E-state index in [0.29, 0.717) is 24.0 Å². The molecule has 7 heterocycles. The van der Waals surface area contributed by atoms with Gasteiger partial charge in [-0.25, -0.2) is 4.79 Å². The first-order chi connectivity index (χ1) is 25.8. The number of aromatic carboxylic acids is 1. The van der Waals surface area contributed by atoms with Gasteiger partial charge in [0.15, 0.2) is 11.5 Å². The Balaban J connectivity index is 0.905. The van der Waals surface area contributed by atoms with Crippen molar-refractivity contribution in [1.82, 2.24) is 39.6 Å². The summed E-state index contributed by atoms with van der Waals surface area (Å²) in [6, 6.07) is 12.5. The van der Waals surface area contributed by atoms with Crippen molar-refractivity contribution in [1.29, 1.82) is 0 Å². The maximum Gasteiger partial charge on any atom is 0.356 e. The Bertz CT molecular complexity index is 2150. The molecule has 13 heteroatoms. The van der Waals surface area contributed by atoms with Crippen LogP contribution in [0.2, 0.25) is 0 Å². The van der Waals surface area contributed by atoms with Gasteiger partial charge >= 0.3 is 5.97 Å². The Kier molecular flexibility index (Phi) is 8.68. The number of fused-ring (bicyclic) bond motifs is 2. The Morgan fingerprint density at radius 3 is 2.47 bits per heavy atom. The minimum atomic E-state index is -1.06. The minimum absolute atomic E-state index is 0.0276. The number of hydrogen-bond acceptors (Lipinski definition) is 9. The van der Waals surface area contributed by atoms with Crippen LogP contribution in [0.5, 0.6) is 0 Å². The number of carbonyl (C=O) groups is 2. The lowest BCUT2D eigenvalue weighted by atomic mass is 9.67. The highest BCUT2D eigenvalue weighted by atomic mass is 16.5. The fourth-order valence-electron chi connectivity index (χ4n) is 9.17. The van der Waals surface area contributed by atoms with Gasteiger partial charge < -0.3 is 19.6 Å². The van der Waals surface area contributed by atoms with Crippen molar-refractivity contribution in [3.05, 3.63) is 71.9 Å². The topological polar surface area (TPSA) is 144 Å². The summed E-state index contributed by atoms with van der Waals surface area (Å²) < 4.78 is 10.1. The van der Waals surface area contributed by atoms with E-state index in [1.165, 1.54) is 24.6 Å². The van der Waals surface area contributed by atoms with Crippen LogP contribution < -0.4 is 4.90 Å². The fraction of sp³-hybridized carbons (Fsp3) is 0.475. The van der Waals surface area contributed by atoms with Crippen molar-refractivity contribution < 1.29 is 19.4 Å². The summed E-state index contributed by atoms with van der Waals surface area (Å²) in [5, 5.41) is 29.5. The second-order valence-electron chi connectivity index (χ2n) is 15.4. The molecule has 274 valence electrons. The van der Waals surface area contributed by atoms with E-state index in [2.05, 4.69) is 54.9 Å².